The number of carbonyl (C=O) groups is 1. The van der Waals surface area contributed by atoms with Crippen LogP contribution in [0.15, 0.2) is 29.4 Å². The molecular formula is C16H21N3O2S. The van der Waals surface area contributed by atoms with Crippen LogP contribution >= 0.6 is 11.8 Å². The van der Waals surface area contributed by atoms with E-state index in [2.05, 4.69) is 17.1 Å². The minimum atomic E-state index is 0.521. The maximum absolute atomic E-state index is 10.9. The Morgan fingerprint density at radius 1 is 1.32 bits per heavy atom. The van der Waals surface area contributed by atoms with Crippen molar-refractivity contribution in [1.29, 1.82) is 0 Å². The lowest BCUT2D eigenvalue weighted by atomic mass is 10.2. The number of thioether (sulfide) groups is 1. The average molecular weight is 319 g/mol. The van der Waals surface area contributed by atoms with Gasteiger partial charge in [0.05, 0.1) is 12.2 Å². The molecule has 2 aromatic rings. The molecule has 0 radical (unpaired) electrons. The number of hydrogen-bond acceptors (Lipinski definition) is 5. The fraction of sp³-hybridized carbons (Fsp3) is 0.438. The highest BCUT2D eigenvalue weighted by molar-refractivity contribution is 7.99. The first-order valence-electron chi connectivity index (χ1n) is 7.44. The molecule has 5 nitrogen and oxygen atoms in total. The predicted octanol–water partition coefficient (Wildman–Crippen LogP) is 3.14. The quantitative estimate of drug-likeness (QED) is 0.404. The van der Waals surface area contributed by atoms with Crippen molar-refractivity contribution in [2.24, 2.45) is 7.05 Å². The highest BCUT2D eigenvalue weighted by Crippen LogP contribution is 2.19. The minimum absolute atomic E-state index is 0.521. The second-order valence-corrected chi connectivity index (χ2v) is 5.98. The summed E-state index contributed by atoms with van der Waals surface area (Å²) in [4.78, 5) is 10.9. The molecule has 2 rings (SSSR count). The van der Waals surface area contributed by atoms with E-state index in [4.69, 9.17) is 4.74 Å². The van der Waals surface area contributed by atoms with Crippen LogP contribution in [0.4, 0.5) is 0 Å². The number of carbonyl (C=O) groups excluding carboxylic acids is 1. The van der Waals surface area contributed by atoms with E-state index in [-0.39, 0.29) is 0 Å². The normalized spacial score (nSPS) is 10.6. The first kappa shape index (κ1) is 16.5. The summed E-state index contributed by atoms with van der Waals surface area (Å²) in [7, 11) is 2.00. The molecule has 1 aromatic heterocycles. The first-order valence-corrected chi connectivity index (χ1v) is 8.43. The Labute approximate surface area is 135 Å². The third-order valence-electron chi connectivity index (χ3n) is 3.30. The molecule has 0 fully saturated rings. The van der Waals surface area contributed by atoms with E-state index in [9.17, 15) is 4.79 Å². The number of rotatable bonds is 9. The SMILES string of the molecule is CCCCc1nnc(SCCOc2ccccc2C=O)n1C. The van der Waals surface area contributed by atoms with Gasteiger partial charge in [0.15, 0.2) is 11.4 Å². The van der Waals surface area contributed by atoms with Crippen LogP contribution in [0.5, 0.6) is 5.75 Å². The van der Waals surface area contributed by atoms with E-state index in [1.54, 1.807) is 23.9 Å². The summed E-state index contributed by atoms with van der Waals surface area (Å²) >= 11 is 1.61. The number of unbranched alkanes of at least 4 members (excludes halogenated alkanes) is 1. The van der Waals surface area contributed by atoms with Gasteiger partial charge in [-0.2, -0.15) is 0 Å². The molecule has 0 aliphatic carbocycles. The molecule has 118 valence electrons. The average Bonchev–Trinajstić information content (AvgIpc) is 2.90. The zero-order valence-corrected chi connectivity index (χ0v) is 13.8. The summed E-state index contributed by atoms with van der Waals surface area (Å²) in [6.07, 6.45) is 4.05. The minimum Gasteiger partial charge on any atom is -0.492 e. The van der Waals surface area contributed by atoms with E-state index in [1.807, 2.05) is 23.7 Å². The topological polar surface area (TPSA) is 57.0 Å². The summed E-state index contributed by atoms with van der Waals surface area (Å²) in [6.45, 7) is 2.69. The Bertz CT molecular complexity index is 613. The highest BCUT2D eigenvalue weighted by Gasteiger charge is 2.09. The highest BCUT2D eigenvalue weighted by atomic mass is 32.2. The van der Waals surface area contributed by atoms with Crippen LogP contribution in [-0.2, 0) is 13.5 Å². The first-order chi connectivity index (χ1) is 10.8. The molecule has 1 heterocycles. The lowest BCUT2D eigenvalue weighted by Gasteiger charge is -2.07. The number of ether oxygens (including phenoxy) is 1. The maximum atomic E-state index is 10.9. The molecule has 0 atom stereocenters. The van der Waals surface area contributed by atoms with E-state index in [0.717, 1.165) is 42.3 Å². The van der Waals surface area contributed by atoms with Crippen molar-refractivity contribution in [3.8, 4) is 5.75 Å². The van der Waals surface area contributed by atoms with Crippen LogP contribution in [0.3, 0.4) is 0 Å². The van der Waals surface area contributed by atoms with Crippen molar-refractivity contribution in [2.75, 3.05) is 12.4 Å². The molecule has 0 unspecified atom stereocenters. The zero-order chi connectivity index (χ0) is 15.8. The van der Waals surface area contributed by atoms with Gasteiger partial charge in [0.25, 0.3) is 0 Å². The van der Waals surface area contributed by atoms with Crippen molar-refractivity contribution in [3.05, 3.63) is 35.7 Å². The van der Waals surface area contributed by atoms with E-state index in [0.29, 0.717) is 17.9 Å². The lowest BCUT2D eigenvalue weighted by Crippen LogP contribution is -2.04. The van der Waals surface area contributed by atoms with Gasteiger partial charge in [-0.15, -0.1) is 10.2 Å². The van der Waals surface area contributed by atoms with E-state index < -0.39 is 0 Å². The third-order valence-corrected chi connectivity index (χ3v) is 4.28. The Hall–Kier alpha value is -1.82. The molecule has 1 aromatic carbocycles. The lowest BCUT2D eigenvalue weighted by molar-refractivity contribution is 0.112. The van der Waals surface area contributed by atoms with Gasteiger partial charge in [0.1, 0.15) is 11.6 Å². The summed E-state index contributed by atoms with van der Waals surface area (Å²) in [6, 6.07) is 7.23. The molecule has 0 aliphatic rings. The van der Waals surface area contributed by atoms with Crippen LogP contribution in [0, 0.1) is 0 Å². The van der Waals surface area contributed by atoms with Crippen molar-refractivity contribution in [3.63, 3.8) is 0 Å². The molecule has 0 spiro atoms. The van der Waals surface area contributed by atoms with E-state index >= 15 is 0 Å². The van der Waals surface area contributed by atoms with Crippen LogP contribution in [0.25, 0.3) is 0 Å². The summed E-state index contributed by atoms with van der Waals surface area (Å²) in [5, 5.41) is 9.33. The fourth-order valence-corrected chi connectivity index (χ4v) is 2.76. The number of hydrogen-bond donors (Lipinski definition) is 0. The fourth-order valence-electron chi connectivity index (χ4n) is 2.02. The second-order valence-electron chi connectivity index (χ2n) is 4.91. The van der Waals surface area contributed by atoms with Crippen LogP contribution in [0.2, 0.25) is 0 Å². The molecule has 0 amide bonds. The molecule has 6 heteroatoms. The number of para-hydroxylation sites is 1. The summed E-state index contributed by atoms with van der Waals surface area (Å²) < 4.78 is 7.69. The smallest absolute Gasteiger partial charge is 0.191 e. The molecule has 0 N–H and O–H groups in total. The Morgan fingerprint density at radius 3 is 2.91 bits per heavy atom. The molecule has 0 aliphatic heterocycles. The third kappa shape index (κ3) is 4.34. The van der Waals surface area contributed by atoms with Gasteiger partial charge < -0.3 is 9.30 Å². The van der Waals surface area contributed by atoms with Gasteiger partial charge in [-0.05, 0) is 18.6 Å². The number of benzene rings is 1. The Kier molecular flexibility index (Phi) is 6.45. The van der Waals surface area contributed by atoms with Gasteiger partial charge in [0, 0.05) is 19.2 Å². The Morgan fingerprint density at radius 2 is 2.14 bits per heavy atom. The largest absolute Gasteiger partial charge is 0.492 e. The van der Waals surface area contributed by atoms with Gasteiger partial charge in [-0.3, -0.25) is 4.79 Å². The summed E-state index contributed by atoms with van der Waals surface area (Å²) in [5.41, 5.74) is 0.577. The van der Waals surface area contributed by atoms with Gasteiger partial charge >= 0.3 is 0 Å². The molecule has 0 saturated heterocycles. The monoisotopic (exact) mass is 319 g/mol. The second kappa shape index (κ2) is 8.58. The number of aryl methyl sites for hydroxylation is 1. The predicted molar refractivity (Wildman–Crippen MR) is 87.7 cm³/mol. The van der Waals surface area contributed by atoms with Gasteiger partial charge in [-0.25, -0.2) is 0 Å². The van der Waals surface area contributed by atoms with Crippen molar-refractivity contribution in [1.82, 2.24) is 14.8 Å². The summed E-state index contributed by atoms with van der Waals surface area (Å²) in [5.74, 6) is 2.41. The number of nitrogens with zero attached hydrogens (tertiary/aromatic N) is 3. The van der Waals surface area contributed by atoms with Crippen LogP contribution in [-0.4, -0.2) is 33.4 Å². The molecule has 0 bridgehead atoms. The van der Waals surface area contributed by atoms with Crippen LogP contribution < -0.4 is 4.74 Å². The Balaban J connectivity index is 1.81. The number of aldehydes is 1. The number of aromatic nitrogens is 3. The standard InChI is InChI=1S/C16H21N3O2S/c1-3-4-9-15-17-18-16(19(15)2)22-11-10-21-14-8-6-5-7-13(14)12-20/h5-8,12H,3-4,9-11H2,1-2H3. The molecule has 22 heavy (non-hydrogen) atoms. The molecular weight excluding hydrogens is 298 g/mol. The van der Waals surface area contributed by atoms with Crippen molar-refractivity contribution in [2.45, 2.75) is 31.3 Å². The van der Waals surface area contributed by atoms with Crippen molar-refractivity contribution >= 4 is 18.0 Å². The van der Waals surface area contributed by atoms with Gasteiger partial charge in [0.2, 0.25) is 0 Å². The van der Waals surface area contributed by atoms with Crippen LogP contribution in [0.1, 0.15) is 35.9 Å². The maximum Gasteiger partial charge on any atom is 0.191 e. The van der Waals surface area contributed by atoms with Crippen molar-refractivity contribution < 1.29 is 9.53 Å². The van der Waals surface area contributed by atoms with Gasteiger partial charge in [-0.1, -0.05) is 37.2 Å². The zero-order valence-electron chi connectivity index (χ0n) is 13.0. The molecule has 0 saturated carbocycles. The van der Waals surface area contributed by atoms with E-state index in [1.165, 1.54) is 0 Å².